The van der Waals surface area contributed by atoms with Gasteiger partial charge in [0.05, 0.1) is 6.61 Å². The van der Waals surface area contributed by atoms with E-state index in [1.54, 1.807) is 0 Å². The molecule has 2 aromatic rings. The summed E-state index contributed by atoms with van der Waals surface area (Å²) in [6.07, 6.45) is 1.35. The van der Waals surface area contributed by atoms with Crippen LogP contribution in [-0.4, -0.2) is 30.1 Å². The Balaban J connectivity index is 2.15. The van der Waals surface area contributed by atoms with Crippen LogP contribution in [-0.2, 0) is 26.1 Å². The summed E-state index contributed by atoms with van der Waals surface area (Å²) < 4.78 is 0. The number of hydrogen-bond donors (Lipinski definition) is 2. The Bertz CT molecular complexity index is 621. The molecule has 0 aliphatic carbocycles. The van der Waals surface area contributed by atoms with E-state index in [4.69, 9.17) is 5.11 Å². The number of aryl methyl sites for hydroxylation is 5. The first-order chi connectivity index (χ1) is 10.0. The highest BCUT2D eigenvalue weighted by Crippen LogP contribution is 2.11. The molecule has 2 heterocycles. The van der Waals surface area contributed by atoms with Crippen LogP contribution in [0.3, 0.4) is 0 Å². The van der Waals surface area contributed by atoms with Crippen LogP contribution < -0.4 is 0 Å². The van der Waals surface area contributed by atoms with Gasteiger partial charge in [0.1, 0.15) is 12.4 Å². The molecule has 0 radical (unpaired) electrons. The average Bonchev–Trinajstić information content (AvgIpc) is 2.44. The summed E-state index contributed by atoms with van der Waals surface area (Å²) in [6.45, 7) is 5.44. The van der Waals surface area contributed by atoms with Gasteiger partial charge in [-0.05, 0) is 33.3 Å². The fraction of sp³-hybridized carbons (Fsp3) is 0.467. The van der Waals surface area contributed by atoms with Gasteiger partial charge in [0, 0.05) is 34.8 Å². The zero-order valence-corrected chi connectivity index (χ0v) is 12.6. The SMILES string of the molecule is Cc1cc(CCc2nc(C)c(CO)c(C)n2)nc(CO)n1. The lowest BCUT2D eigenvalue weighted by Gasteiger charge is -2.09. The van der Waals surface area contributed by atoms with Crippen LogP contribution in [0.4, 0.5) is 0 Å². The Morgan fingerprint density at radius 2 is 1.48 bits per heavy atom. The van der Waals surface area contributed by atoms with E-state index in [0.29, 0.717) is 18.7 Å². The van der Waals surface area contributed by atoms with Crippen molar-refractivity contribution >= 4 is 0 Å². The molecule has 0 fully saturated rings. The van der Waals surface area contributed by atoms with E-state index < -0.39 is 0 Å². The van der Waals surface area contributed by atoms with Crippen LogP contribution in [0, 0.1) is 20.8 Å². The lowest BCUT2D eigenvalue weighted by Crippen LogP contribution is -2.08. The van der Waals surface area contributed by atoms with Crippen LogP contribution >= 0.6 is 0 Å². The molecule has 6 nitrogen and oxygen atoms in total. The second-order valence-electron chi connectivity index (χ2n) is 5.02. The second-order valence-corrected chi connectivity index (χ2v) is 5.02. The van der Waals surface area contributed by atoms with Crippen molar-refractivity contribution in [2.75, 3.05) is 0 Å². The highest BCUT2D eigenvalue weighted by Gasteiger charge is 2.09. The molecule has 0 atom stereocenters. The molecule has 112 valence electrons. The van der Waals surface area contributed by atoms with Crippen molar-refractivity contribution in [2.24, 2.45) is 0 Å². The number of aromatic nitrogens is 4. The maximum absolute atomic E-state index is 9.27. The third-order valence-electron chi connectivity index (χ3n) is 3.32. The zero-order valence-electron chi connectivity index (χ0n) is 12.6. The van der Waals surface area contributed by atoms with E-state index in [0.717, 1.165) is 34.2 Å². The molecule has 0 saturated carbocycles. The topological polar surface area (TPSA) is 92.0 Å². The summed E-state index contributed by atoms with van der Waals surface area (Å²) in [5.41, 5.74) is 4.13. The Kier molecular flexibility index (Phi) is 4.93. The monoisotopic (exact) mass is 288 g/mol. The molecular formula is C15H20N4O2. The molecule has 21 heavy (non-hydrogen) atoms. The van der Waals surface area contributed by atoms with Crippen molar-refractivity contribution in [3.63, 3.8) is 0 Å². The lowest BCUT2D eigenvalue weighted by molar-refractivity contribution is 0.270. The first kappa shape index (κ1) is 15.5. The van der Waals surface area contributed by atoms with Gasteiger partial charge in [0.25, 0.3) is 0 Å². The molecule has 0 aliphatic heterocycles. The molecule has 6 heteroatoms. The van der Waals surface area contributed by atoms with Crippen molar-refractivity contribution in [2.45, 2.75) is 46.8 Å². The normalized spacial score (nSPS) is 10.9. The number of aliphatic hydroxyl groups is 2. The van der Waals surface area contributed by atoms with Crippen molar-refractivity contribution in [1.29, 1.82) is 0 Å². The van der Waals surface area contributed by atoms with E-state index in [-0.39, 0.29) is 13.2 Å². The minimum Gasteiger partial charge on any atom is -0.392 e. The van der Waals surface area contributed by atoms with Crippen LogP contribution in [0.25, 0.3) is 0 Å². The van der Waals surface area contributed by atoms with Gasteiger partial charge in [-0.1, -0.05) is 0 Å². The molecule has 2 rings (SSSR count). The van der Waals surface area contributed by atoms with Gasteiger partial charge in [-0.15, -0.1) is 0 Å². The quantitative estimate of drug-likeness (QED) is 0.851. The van der Waals surface area contributed by atoms with Gasteiger partial charge in [-0.25, -0.2) is 19.9 Å². The molecule has 0 aliphatic rings. The summed E-state index contributed by atoms with van der Waals surface area (Å²) in [5.74, 6) is 1.18. The molecule has 0 bridgehead atoms. The minimum absolute atomic E-state index is 0.0388. The molecule has 0 spiro atoms. The van der Waals surface area contributed by atoms with Gasteiger partial charge in [0.2, 0.25) is 0 Å². The van der Waals surface area contributed by atoms with Gasteiger partial charge in [-0.3, -0.25) is 0 Å². The summed E-state index contributed by atoms with van der Waals surface area (Å²) in [5, 5.41) is 18.4. The number of rotatable bonds is 5. The minimum atomic E-state index is -0.158. The Labute approximate surface area is 124 Å². The Morgan fingerprint density at radius 3 is 2.05 bits per heavy atom. The summed E-state index contributed by atoms with van der Waals surface area (Å²) >= 11 is 0. The van der Waals surface area contributed by atoms with E-state index in [1.807, 2.05) is 26.8 Å². The number of hydrogen-bond acceptors (Lipinski definition) is 6. The molecule has 0 amide bonds. The van der Waals surface area contributed by atoms with Gasteiger partial charge < -0.3 is 10.2 Å². The van der Waals surface area contributed by atoms with Crippen LogP contribution in [0.15, 0.2) is 6.07 Å². The Morgan fingerprint density at radius 1 is 0.810 bits per heavy atom. The zero-order chi connectivity index (χ0) is 15.4. The fourth-order valence-electron chi connectivity index (χ4n) is 2.29. The average molecular weight is 288 g/mol. The van der Waals surface area contributed by atoms with Crippen LogP contribution in [0.1, 0.15) is 40.0 Å². The van der Waals surface area contributed by atoms with Gasteiger partial charge in [0.15, 0.2) is 5.82 Å². The summed E-state index contributed by atoms with van der Waals surface area (Å²) in [4.78, 5) is 17.3. The number of nitrogens with zero attached hydrogens (tertiary/aromatic N) is 4. The molecule has 0 aromatic carbocycles. The van der Waals surface area contributed by atoms with Crippen molar-refractivity contribution in [3.8, 4) is 0 Å². The van der Waals surface area contributed by atoms with E-state index in [1.165, 1.54) is 0 Å². The van der Waals surface area contributed by atoms with Gasteiger partial charge >= 0.3 is 0 Å². The predicted molar refractivity (Wildman–Crippen MR) is 77.5 cm³/mol. The van der Waals surface area contributed by atoms with E-state index in [9.17, 15) is 5.11 Å². The molecule has 2 aromatic heterocycles. The smallest absolute Gasteiger partial charge is 0.154 e. The second kappa shape index (κ2) is 6.69. The fourth-order valence-corrected chi connectivity index (χ4v) is 2.29. The lowest BCUT2D eigenvalue weighted by atomic mass is 10.1. The Hall–Kier alpha value is -1.92. The van der Waals surface area contributed by atoms with Crippen molar-refractivity contribution < 1.29 is 10.2 Å². The number of aliphatic hydroxyl groups excluding tert-OH is 2. The standard InChI is InChI=1S/C15H20N4O2/c1-9-6-12(19-15(8-21)16-9)4-5-14-17-10(2)13(7-20)11(3)18-14/h6,20-21H,4-5,7-8H2,1-3H3. The molecule has 0 unspecified atom stereocenters. The molecular weight excluding hydrogens is 268 g/mol. The molecule has 2 N–H and O–H groups in total. The van der Waals surface area contributed by atoms with E-state index in [2.05, 4.69) is 19.9 Å². The predicted octanol–water partition coefficient (Wildman–Crippen LogP) is 0.962. The first-order valence-corrected chi connectivity index (χ1v) is 6.91. The summed E-state index contributed by atoms with van der Waals surface area (Å²) in [6, 6.07) is 1.90. The maximum Gasteiger partial charge on any atom is 0.154 e. The molecule has 0 saturated heterocycles. The highest BCUT2D eigenvalue weighted by atomic mass is 16.3. The van der Waals surface area contributed by atoms with Crippen LogP contribution in [0.2, 0.25) is 0 Å². The third-order valence-corrected chi connectivity index (χ3v) is 3.32. The third kappa shape index (κ3) is 3.80. The summed E-state index contributed by atoms with van der Waals surface area (Å²) in [7, 11) is 0. The van der Waals surface area contributed by atoms with E-state index >= 15 is 0 Å². The van der Waals surface area contributed by atoms with Crippen molar-refractivity contribution in [1.82, 2.24) is 19.9 Å². The van der Waals surface area contributed by atoms with Crippen LogP contribution in [0.5, 0.6) is 0 Å². The largest absolute Gasteiger partial charge is 0.392 e. The first-order valence-electron chi connectivity index (χ1n) is 6.91. The highest BCUT2D eigenvalue weighted by molar-refractivity contribution is 5.23. The van der Waals surface area contributed by atoms with Crippen molar-refractivity contribution in [3.05, 3.63) is 46.1 Å². The maximum atomic E-state index is 9.27. The van der Waals surface area contributed by atoms with Gasteiger partial charge in [-0.2, -0.15) is 0 Å².